The lowest BCUT2D eigenvalue weighted by atomic mass is 9.55. The van der Waals surface area contributed by atoms with Crippen LogP contribution in [-0.2, 0) is 4.74 Å². The average Bonchev–Trinajstić information content (AvgIpc) is 2.50. The summed E-state index contributed by atoms with van der Waals surface area (Å²) in [5, 5.41) is 8.94. The Hall–Kier alpha value is -1.86. The minimum atomic E-state index is -0.208. The van der Waals surface area contributed by atoms with Gasteiger partial charge >= 0.3 is 0 Å². The first-order valence-corrected chi connectivity index (χ1v) is 7.09. The summed E-state index contributed by atoms with van der Waals surface area (Å²) >= 11 is 0. The third kappa shape index (κ3) is 2.32. The van der Waals surface area contributed by atoms with E-state index in [1.54, 1.807) is 36.3 Å². The summed E-state index contributed by atoms with van der Waals surface area (Å²) in [6.45, 7) is 6.33. The lowest BCUT2D eigenvalue weighted by Crippen LogP contribution is -2.68. The van der Waals surface area contributed by atoms with Crippen LogP contribution in [0.25, 0.3) is 0 Å². The van der Waals surface area contributed by atoms with Gasteiger partial charge in [0.1, 0.15) is 0 Å². The van der Waals surface area contributed by atoms with E-state index in [2.05, 4.69) is 26.8 Å². The predicted molar refractivity (Wildman–Crippen MR) is 80.9 cm³/mol. The molecule has 1 fully saturated rings. The minimum Gasteiger partial charge on any atom is -0.378 e. The molecule has 21 heavy (non-hydrogen) atoms. The maximum Gasteiger partial charge on any atom is 0.253 e. The van der Waals surface area contributed by atoms with Crippen LogP contribution < -0.4 is 0 Å². The van der Waals surface area contributed by atoms with Gasteiger partial charge in [-0.1, -0.05) is 19.9 Å². The van der Waals surface area contributed by atoms with E-state index in [1.165, 1.54) is 0 Å². The highest BCUT2D eigenvalue weighted by Gasteiger charge is 2.59. The van der Waals surface area contributed by atoms with E-state index in [0.29, 0.717) is 11.1 Å². The van der Waals surface area contributed by atoms with Gasteiger partial charge in [0.25, 0.3) is 5.91 Å². The fourth-order valence-electron chi connectivity index (χ4n) is 3.14. The maximum atomic E-state index is 12.6. The summed E-state index contributed by atoms with van der Waals surface area (Å²) in [6.07, 6.45) is 0.816. The van der Waals surface area contributed by atoms with Gasteiger partial charge < -0.3 is 9.64 Å². The second-order valence-electron chi connectivity index (χ2n) is 6.49. The molecule has 1 aliphatic carbocycles. The number of nitrogens with zero attached hydrogens (tertiary/aromatic N) is 2. The highest BCUT2D eigenvalue weighted by Crippen LogP contribution is 2.53. The molecule has 2 unspecified atom stereocenters. The van der Waals surface area contributed by atoms with Gasteiger partial charge in [0.05, 0.1) is 17.2 Å². The summed E-state index contributed by atoms with van der Waals surface area (Å²) in [7, 11) is 3.54. The number of hydrogen-bond donors (Lipinski definition) is 0. The molecule has 1 aromatic carbocycles. The van der Waals surface area contributed by atoms with Gasteiger partial charge in [-0.25, -0.2) is 0 Å². The number of rotatable bonds is 3. The topological polar surface area (TPSA) is 53.3 Å². The van der Waals surface area contributed by atoms with Crippen LogP contribution in [0, 0.1) is 16.7 Å². The lowest BCUT2D eigenvalue weighted by molar-refractivity contribution is -0.198. The van der Waals surface area contributed by atoms with Gasteiger partial charge in [0.2, 0.25) is 0 Å². The van der Waals surface area contributed by atoms with Crippen LogP contribution in [0.3, 0.4) is 0 Å². The van der Waals surface area contributed by atoms with Crippen molar-refractivity contribution in [2.75, 3.05) is 14.2 Å². The van der Waals surface area contributed by atoms with Crippen molar-refractivity contribution in [3.63, 3.8) is 0 Å². The molecule has 112 valence electrons. The van der Waals surface area contributed by atoms with Gasteiger partial charge in [-0.2, -0.15) is 5.26 Å². The van der Waals surface area contributed by atoms with E-state index in [4.69, 9.17) is 10.00 Å². The third-order valence-electron chi connectivity index (χ3n) is 5.26. The highest BCUT2D eigenvalue weighted by molar-refractivity contribution is 5.94. The summed E-state index contributed by atoms with van der Waals surface area (Å²) < 4.78 is 5.61. The average molecular weight is 286 g/mol. The quantitative estimate of drug-likeness (QED) is 0.858. The van der Waals surface area contributed by atoms with Crippen molar-refractivity contribution in [1.82, 2.24) is 4.90 Å². The number of benzene rings is 1. The Morgan fingerprint density at radius 2 is 2.10 bits per heavy atom. The van der Waals surface area contributed by atoms with Crippen molar-refractivity contribution >= 4 is 5.91 Å². The zero-order valence-corrected chi connectivity index (χ0v) is 13.3. The molecule has 0 aliphatic heterocycles. The standard InChI is InChI=1S/C17H22N2O2/c1-16(2)14(10-17(16,3)21-5)19(4)15(20)13-8-6-7-12(9-13)11-18/h6-9,14H,10H2,1-5H3. The fraction of sp³-hybridized carbons (Fsp3) is 0.529. The Bertz CT molecular complexity index is 603. The SMILES string of the molecule is COC1(C)CC(N(C)C(=O)c2cccc(C#N)c2)C1(C)C. The monoisotopic (exact) mass is 286 g/mol. The molecule has 2 rings (SSSR count). The normalized spacial score (nSPS) is 26.6. The van der Waals surface area contributed by atoms with Crippen LogP contribution in [0.2, 0.25) is 0 Å². The number of amides is 1. The number of methoxy groups -OCH3 is 1. The Labute approximate surface area is 126 Å². The first kappa shape index (κ1) is 15.5. The number of ether oxygens (including phenoxy) is 1. The second kappa shape index (κ2) is 5.16. The molecular formula is C17H22N2O2. The zero-order chi connectivity index (χ0) is 15.8. The smallest absolute Gasteiger partial charge is 0.253 e. The summed E-state index contributed by atoms with van der Waals surface area (Å²) in [5.74, 6) is -0.0525. The Kier molecular flexibility index (Phi) is 3.81. The molecule has 0 N–H and O–H groups in total. The fourth-order valence-corrected chi connectivity index (χ4v) is 3.14. The van der Waals surface area contributed by atoms with E-state index in [1.807, 2.05) is 7.05 Å². The minimum absolute atomic E-state index is 0.0525. The molecule has 0 spiro atoms. The Morgan fingerprint density at radius 1 is 1.43 bits per heavy atom. The van der Waals surface area contributed by atoms with Gasteiger partial charge in [0.15, 0.2) is 0 Å². The van der Waals surface area contributed by atoms with Crippen LogP contribution in [0.1, 0.15) is 43.1 Å². The number of hydrogen-bond acceptors (Lipinski definition) is 3. The van der Waals surface area contributed by atoms with Crippen LogP contribution in [0.15, 0.2) is 24.3 Å². The van der Waals surface area contributed by atoms with Crippen molar-refractivity contribution < 1.29 is 9.53 Å². The molecule has 0 heterocycles. The van der Waals surface area contributed by atoms with Crippen LogP contribution >= 0.6 is 0 Å². The first-order valence-electron chi connectivity index (χ1n) is 7.09. The summed E-state index contributed by atoms with van der Waals surface area (Å²) in [4.78, 5) is 14.4. The van der Waals surface area contributed by atoms with E-state index in [-0.39, 0.29) is 23.0 Å². The molecular weight excluding hydrogens is 264 g/mol. The van der Waals surface area contributed by atoms with Crippen LogP contribution in [0.4, 0.5) is 0 Å². The van der Waals surface area contributed by atoms with Crippen molar-refractivity contribution in [2.45, 2.75) is 38.8 Å². The summed E-state index contributed by atoms with van der Waals surface area (Å²) in [5.41, 5.74) is 0.738. The number of carbonyl (C=O) groups is 1. The van der Waals surface area contributed by atoms with Crippen LogP contribution in [0.5, 0.6) is 0 Å². The molecule has 4 nitrogen and oxygen atoms in total. The Balaban J connectivity index is 2.20. The molecule has 0 saturated heterocycles. The molecule has 1 aliphatic rings. The van der Waals surface area contributed by atoms with Gasteiger partial charge in [-0.3, -0.25) is 4.79 Å². The van der Waals surface area contributed by atoms with Gasteiger partial charge in [-0.15, -0.1) is 0 Å². The maximum absolute atomic E-state index is 12.6. The second-order valence-corrected chi connectivity index (χ2v) is 6.49. The molecule has 0 radical (unpaired) electrons. The molecule has 2 atom stereocenters. The third-order valence-corrected chi connectivity index (χ3v) is 5.26. The molecule has 1 amide bonds. The number of carbonyl (C=O) groups excluding carboxylic acids is 1. The number of nitriles is 1. The van der Waals surface area contributed by atoms with E-state index in [9.17, 15) is 4.79 Å². The largest absolute Gasteiger partial charge is 0.378 e. The van der Waals surface area contributed by atoms with Crippen molar-refractivity contribution in [2.24, 2.45) is 5.41 Å². The molecule has 0 aromatic heterocycles. The lowest BCUT2D eigenvalue weighted by Gasteiger charge is -2.61. The van der Waals surface area contributed by atoms with Crippen LogP contribution in [-0.4, -0.2) is 36.6 Å². The van der Waals surface area contributed by atoms with Crippen molar-refractivity contribution in [3.8, 4) is 6.07 Å². The van der Waals surface area contributed by atoms with Crippen molar-refractivity contribution in [1.29, 1.82) is 5.26 Å². The predicted octanol–water partition coefficient (Wildman–Crippen LogP) is 2.83. The molecule has 1 aromatic rings. The summed E-state index contributed by atoms with van der Waals surface area (Å²) in [6, 6.07) is 9.02. The first-order chi connectivity index (χ1) is 9.76. The Morgan fingerprint density at radius 3 is 2.62 bits per heavy atom. The van der Waals surface area contributed by atoms with Crippen molar-refractivity contribution in [3.05, 3.63) is 35.4 Å². The van der Waals surface area contributed by atoms with Gasteiger partial charge in [0, 0.05) is 31.2 Å². The zero-order valence-electron chi connectivity index (χ0n) is 13.3. The molecule has 4 heteroatoms. The van der Waals surface area contributed by atoms with E-state index >= 15 is 0 Å². The van der Waals surface area contributed by atoms with Gasteiger partial charge in [-0.05, 0) is 31.5 Å². The van der Waals surface area contributed by atoms with E-state index < -0.39 is 0 Å². The molecule has 0 bridgehead atoms. The molecule has 1 saturated carbocycles. The highest BCUT2D eigenvalue weighted by atomic mass is 16.5. The van der Waals surface area contributed by atoms with E-state index in [0.717, 1.165) is 6.42 Å².